The highest BCUT2D eigenvalue weighted by Crippen LogP contribution is 2.31. The van der Waals surface area contributed by atoms with Gasteiger partial charge in [0.15, 0.2) is 0 Å². The lowest BCUT2D eigenvalue weighted by Crippen LogP contribution is -2.14. The van der Waals surface area contributed by atoms with E-state index in [4.69, 9.17) is 0 Å². The van der Waals surface area contributed by atoms with E-state index in [9.17, 15) is 14.5 Å². The molecule has 1 aliphatic rings. The summed E-state index contributed by atoms with van der Waals surface area (Å²) >= 11 is 4.83. The second-order valence-corrected chi connectivity index (χ2v) is 6.16. The Bertz CT molecular complexity index is 467. The molecular formula is C11H12BrFN2O2S. The predicted octanol–water partition coefficient (Wildman–Crippen LogP) is 3.66. The van der Waals surface area contributed by atoms with Crippen LogP contribution in [0.15, 0.2) is 16.6 Å². The van der Waals surface area contributed by atoms with Crippen LogP contribution in [-0.4, -0.2) is 23.0 Å². The number of nitrogens with zero attached hydrogens (tertiary/aromatic N) is 1. The smallest absolute Gasteiger partial charge is 0.293 e. The molecule has 0 saturated carbocycles. The molecule has 1 aliphatic heterocycles. The average molecular weight is 335 g/mol. The van der Waals surface area contributed by atoms with Crippen LogP contribution in [0.1, 0.15) is 6.42 Å². The Hall–Kier alpha value is -0.820. The molecule has 0 spiro atoms. The lowest BCUT2D eigenvalue weighted by molar-refractivity contribution is -0.384. The Morgan fingerprint density at radius 2 is 2.39 bits per heavy atom. The monoisotopic (exact) mass is 334 g/mol. The number of anilines is 1. The van der Waals surface area contributed by atoms with Gasteiger partial charge in [0.1, 0.15) is 11.5 Å². The number of nitro benzene ring substituents is 1. The molecule has 0 bridgehead atoms. The van der Waals surface area contributed by atoms with Gasteiger partial charge in [0, 0.05) is 18.7 Å². The third-order valence-electron chi connectivity index (χ3n) is 2.84. The lowest BCUT2D eigenvalue weighted by atomic mass is 10.1. The fourth-order valence-electron chi connectivity index (χ4n) is 1.83. The molecule has 2 rings (SSSR count). The van der Waals surface area contributed by atoms with Gasteiger partial charge in [0.05, 0.1) is 9.40 Å². The summed E-state index contributed by atoms with van der Waals surface area (Å²) in [6.45, 7) is 0.648. The van der Waals surface area contributed by atoms with E-state index in [0.717, 1.165) is 17.9 Å². The number of thioether (sulfide) groups is 1. The number of rotatable bonds is 4. The number of hydrogen-bond acceptors (Lipinski definition) is 4. The highest BCUT2D eigenvalue weighted by Gasteiger charge is 2.20. The molecule has 4 nitrogen and oxygen atoms in total. The van der Waals surface area contributed by atoms with E-state index in [1.165, 1.54) is 12.1 Å². The summed E-state index contributed by atoms with van der Waals surface area (Å²) in [6, 6.07) is 2.37. The van der Waals surface area contributed by atoms with Crippen LogP contribution in [0.25, 0.3) is 0 Å². The standard InChI is InChI=1S/C11H12BrFN2O2S/c12-8-3-11(15(16)17)10(4-9(8)13)14-5-7-1-2-18-6-7/h3-4,7,14H,1-2,5-6H2. The van der Waals surface area contributed by atoms with Gasteiger partial charge in [-0.1, -0.05) is 0 Å². The van der Waals surface area contributed by atoms with Crippen LogP contribution < -0.4 is 5.32 Å². The van der Waals surface area contributed by atoms with Crippen molar-refractivity contribution in [3.63, 3.8) is 0 Å². The van der Waals surface area contributed by atoms with Gasteiger partial charge >= 0.3 is 0 Å². The molecular weight excluding hydrogens is 323 g/mol. The average Bonchev–Trinajstić information content (AvgIpc) is 2.83. The van der Waals surface area contributed by atoms with E-state index in [1.54, 1.807) is 0 Å². The molecule has 1 aromatic rings. The highest BCUT2D eigenvalue weighted by molar-refractivity contribution is 9.10. The Morgan fingerprint density at radius 3 is 3.00 bits per heavy atom. The van der Waals surface area contributed by atoms with Crippen LogP contribution >= 0.6 is 27.7 Å². The van der Waals surface area contributed by atoms with E-state index in [0.29, 0.717) is 12.5 Å². The van der Waals surface area contributed by atoms with Crippen LogP contribution in [0.5, 0.6) is 0 Å². The molecule has 1 atom stereocenters. The van der Waals surface area contributed by atoms with Crippen molar-refractivity contribution < 1.29 is 9.31 Å². The number of halogens is 2. The SMILES string of the molecule is O=[N+]([O-])c1cc(Br)c(F)cc1NCC1CCSC1. The lowest BCUT2D eigenvalue weighted by Gasteiger charge is -2.12. The van der Waals surface area contributed by atoms with Crippen LogP contribution in [0.2, 0.25) is 0 Å². The number of benzene rings is 1. The zero-order chi connectivity index (χ0) is 13.1. The second kappa shape index (κ2) is 5.88. The first kappa shape index (κ1) is 13.6. The molecule has 0 amide bonds. The summed E-state index contributed by atoms with van der Waals surface area (Å²) in [7, 11) is 0. The summed E-state index contributed by atoms with van der Waals surface area (Å²) < 4.78 is 13.5. The van der Waals surface area contributed by atoms with Crippen molar-refractivity contribution in [1.82, 2.24) is 0 Å². The topological polar surface area (TPSA) is 55.2 Å². The number of nitro groups is 1. The molecule has 1 saturated heterocycles. The van der Waals surface area contributed by atoms with Crippen molar-refractivity contribution in [2.24, 2.45) is 5.92 Å². The van der Waals surface area contributed by atoms with Crippen LogP contribution in [0.3, 0.4) is 0 Å². The maximum Gasteiger partial charge on any atom is 0.293 e. The number of hydrogen-bond donors (Lipinski definition) is 1. The maximum absolute atomic E-state index is 13.4. The number of nitrogens with one attached hydrogen (secondary N) is 1. The third kappa shape index (κ3) is 3.14. The van der Waals surface area contributed by atoms with Crippen molar-refractivity contribution in [3.8, 4) is 0 Å². The Morgan fingerprint density at radius 1 is 1.61 bits per heavy atom. The minimum absolute atomic E-state index is 0.103. The zero-order valence-corrected chi connectivity index (χ0v) is 11.9. The molecule has 18 heavy (non-hydrogen) atoms. The first-order valence-electron chi connectivity index (χ1n) is 5.53. The van der Waals surface area contributed by atoms with Gasteiger partial charge in [-0.05, 0) is 39.8 Å². The summed E-state index contributed by atoms with van der Waals surface area (Å²) in [5.74, 6) is 2.19. The molecule has 1 aromatic carbocycles. The predicted molar refractivity (Wildman–Crippen MR) is 74.7 cm³/mol. The minimum Gasteiger partial charge on any atom is -0.379 e. The quantitative estimate of drug-likeness (QED) is 0.674. The fourth-order valence-corrected chi connectivity index (χ4v) is 3.44. The van der Waals surface area contributed by atoms with Crippen molar-refractivity contribution in [2.75, 3.05) is 23.4 Å². The van der Waals surface area contributed by atoms with E-state index in [1.807, 2.05) is 11.8 Å². The Kier molecular flexibility index (Phi) is 4.45. The first-order valence-corrected chi connectivity index (χ1v) is 7.47. The minimum atomic E-state index is -0.504. The molecule has 1 fully saturated rings. The molecule has 0 aromatic heterocycles. The summed E-state index contributed by atoms with van der Waals surface area (Å²) in [5.41, 5.74) is 0.145. The van der Waals surface area contributed by atoms with Gasteiger partial charge in [-0.25, -0.2) is 4.39 Å². The highest BCUT2D eigenvalue weighted by atomic mass is 79.9. The van der Waals surface area contributed by atoms with Gasteiger partial charge in [0.25, 0.3) is 5.69 Å². The first-order chi connectivity index (χ1) is 8.58. The van der Waals surface area contributed by atoms with Crippen molar-refractivity contribution in [3.05, 3.63) is 32.5 Å². The Balaban J connectivity index is 2.14. The molecule has 98 valence electrons. The summed E-state index contributed by atoms with van der Waals surface area (Å²) in [4.78, 5) is 10.4. The van der Waals surface area contributed by atoms with Gasteiger partial charge in [0.2, 0.25) is 0 Å². The molecule has 1 unspecified atom stereocenters. The van der Waals surface area contributed by atoms with E-state index < -0.39 is 10.7 Å². The van der Waals surface area contributed by atoms with Gasteiger partial charge in [-0.2, -0.15) is 11.8 Å². The molecule has 0 aliphatic carbocycles. The molecule has 7 heteroatoms. The van der Waals surface area contributed by atoms with Crippen LogP contribution in [0, 0.1) is 21.8 Å². The fraction of sp³-hybridized carbons (Fsp3) is 0.455. The normalized spacial score (nSPS) is 18.9. The zero-order valence-electron chi connectivity index (χ0n) is 9.49. The van der Waals surface area contributed by atoms with Crippen LogP contribution in [-0.2, 0) is 0 Å². The third-order valence-corrected chi connectivity index (χ3v) is 4.68. The maximum atomic E-state index is 13.4. The molecule has 0 radical (unpaired) electrons. The summed E-state index contributed by atoms with van der Waals surface area (Å²) in [5, 5.41) is 13.9. The van der Waals surface area contributed by atoms with Crippen molar-refractivity contribution in [1.29, 1.82) is 0 Å². The molecule has 1 heterocycles. The molecule has 1 N–H and O–H groups in total. The Labute approximate surface area is 117 Å². The van der Waals surface area contributed by atoms with Crippen molar-refractivity contribution in [2.45, 2.75) is 6.42 Å². The van der Waals surface area contributed by atoms with Gasteiger partial charge in [-0.15, -0.1) is 0 Å². The van der Waals surface area contributed by atoms with E-state index in [-0.39, 0.29) is 15.8 Å². The van der Waals surface area contributed by atoms with Crippen LogP contribution in [0.4, 0.5) is 15.8 Å². The van der Waals surface area contributed by atoms with Crippen molar-refractivity contribution >= 4 is 39.1 Å². The summed E-state index contributed by atoms with van der Waals surface area (Å²) in [6.07, 6.45) is 1.10. The van der Waals surface area contributed by atoms with Gasteiger partial charge in [-0.3, -0.25) is 10.1 Å². The largest absolute Gasteiger partial charge is 0.379 e. The van der Waals surface area contributed by atoms with E-state index in [2.05, 4.69) is 21.2 Å². The van der Waals surface area contributed by atoms with E-state index >= 15 is 0 Å². The van der Waals surface area contributed by atoms with Gasteiger partial charge < -0.3 is 5.32 Å². The second-order valence-electron chi connectivity index (χ2n) is 4.15.